The van der Waals surface area contributed by atoms with Crippen LogP contribution in [0.3, 0.4) is 0 Å². The average Bonchev–Trinajstić information content (AvgIpc) is 3.34. The van der Waals surface area contributed by atoms with Gasteiger partial charge in [-0.25, -0.2) is 4.98 Å². The van der Waals surface area contributed by atoms with Crippen LogP contribution in [0.2, 0.25) is 0 Å². The summed E-state index contributed by atoms with van der Waals surface area (Å²) in [5.74, 6) is 0.793. The fourth-order valence-electron chi connectivity index (χ4n) is 4.99. The lowest BCUT2D eigenvalue weighted by atomic mass is 10.0. The summed E-state index contributed by atoms with van der Waals surface area (Å²) in [5, 5.41) is 16.6. The smallest absolute Gasteiger partial charge is 0.263 e. The monoisotopic (exact) mass is 536 g/mol. The summed E-state index contributed by atoms with van der Waals surface area (Å²) in [6.45, 7) is 11.9. The second kappa shape index (κ2) is 13.4. The third kappa shape index (κ3) is 7.24. The van der Waals surface area contributed by atoms with Gasteiger partial charge < -0.3 is 30.5 Å². The summed E-state index contributed by atoms with van der Waals surface area (Å²) >= 11 is 0. The molecule has 1 atom stereocenters. The van der Waals surface area contributed by atoms with Crippen LogP contribution >= 0.6 is 0 Å². The molecule has 210 valence electrons. The van der Waals surface area contributed by atoms with Gasteiger partial charge in [-0.2, -0.15) is 4.98 Å². The minimum atomic E-state index is -0.0993. The first-order chi connectivity index (χ1) is 18.9. The highest BCUT2D eigenvalue weighted by Gasteiger charge is 2.22. The van der Waals surface area contributed by atoms with E-state index < -0.39 is 0 Å². The Morgan fingerprint density at radius 3 is 2.74 bits per heavy atom. The van der Waals surface area contributed by atoms with E-state index >= 15 is 0 Å². The molecule has 1 amide bonds. The average molecular weight is 537 g/mol. The highest BCUT2D eigenvalue weighted by Crippen LogP contribution is 2.26. The van der Waals surface area contributed by atoms with Crippen molar-refractivity contribution in [2.24, 2.45) is 5.16 Å². The lowest BCUT2D eigenvalue weighted by molar-refractivity contribution is -0.137. The van der Waals surface area contributed by atoms with Gasteiger partial charge in [0.15, 0.2) is 12.4 Å². The van der Waals surface area contributed by atoms with Crippen molar-refractivity contribution in [1.82, 2.24) is 24.3 Å². The van der Waals surface area contributed by atoms with Gasteiger partial charge in [-0.3, -0.25) is 9.69 Å². The summed E-state index contributed by atoms with van der Waals surface area (Å²) in [5.41, 5.74) is 11.3. The van der Waals surface area contributed by atoms with Crippen molar-refractivity contribution in [3.8, 4) is 0 Å². The number of aliphatic hydroxyl groups is 1. The summed E-state index contributed by atoms with van der Waals surface area (Å²) in [6.07, 6.45) is 4.93. The fourth-order valence-corrected chi connectivity index (χ4v) is 4.99. The Bertz CT molecular complexity index is 1270. The molecule has 3 heterocycles. The number of unbranched alkanes of at least 4 members (excludes halogenated alkanes) is 1. The zero-order valence-corrected chi connectivity index (χ0v) is 23.0. The van der Waals surface area contributed by atoms with Crippen LogP contribution in [0.25, 0.3) is 11.0 Å². The number of carbonyl (C=O) groups excluding carboxylic acids is 1. The van der Waals surface area contributed by atoms with Crippen LogP contribution in [0.5, 0.6) is 0 Å². The molecule has 11 nitrogen and oxygen atoms in total. The predicted octanol–water partition coefficient (Wildman–Crippen LogP) is 2.61. The molecule has 1 aliphatic rings. The maximum Gasteiger partial charge on any atom is 0.263 e. The summed E-state index contributed by atoms with van der Waals surface area (Å²) in [6, 6.07) is 8.44. The largest absolute Gasteiger partial charge is 0.394 e. The van der Waals surface area contributed by atoms with Crippen molar-refractivity contribution < 1.29 is 14.7 Å². The van der Waals surface area contributed by atoms with Gasteiger partial charge in [-0.05, 0) is 36.1 Å². The first-order valence-corrected chi connectivity index (χ1v) is 13.6. The van der Waals surface area contributed by atoms with Crippen LogP contribution in [0, 0.1) is 6.92 Å². The number of rotatable bonds is 13. The number of aromatic nitrogens is 3. The number of nitrogens with zero attached hydrogens (tertiary/aromatic N) is 6. The van der Waals surface area contributed by atoms with E-state index in [1.165, 1.54) is 16.7 Å². The number of nitrogens with one attached hydrogen (secondary N) is 1. The minimum Gasteiger partial charge on any atom is -0.394 e. The Hall–Kier alpha value is -3.70. The van der Waals surface area contributed by atoms with Gasteiger partial charge in [-0.15, -0.1) is 5.16 Å². The van der Waals surface area contributed by atoms with Crippen molar-refractivity contribution in [1.29, 1.82) is 0 Å². The van der Waals surface area contributed by atoms with Crippen LogP contribution < -0.4 is 11.1 Å². The number of aliphatic hydroxyl groups excluding tert-OH is 1. The maximum absolute atomic E-state index is 12.2. The van der Waals surface area contributed by atoms with Crippen LogP contribution in [-0.2, 0) is 22.7 Å². The Balaban J connectivity index is 1.48. The molecule has 4 N–H and O–H groups in total. The van der Waals surface area contributed by atoms with Gasteiger partial charge in [0.1, 0.15) is 5.52 Å². The normalized spacial score (nSPS) is 14.9. The number of fused-ring (bicyclic) bond motifs is 1. The number of anilines is 2. The van der Waals surface area contributed by atoms with E-state index in [4.69, 9.17) is 10.6 Å². The minimum absolute atomic E-state index is 0.0233. The predicted molar refractivity (Wildman–Crippen MR) is 154 cm³/mol. The highest BCUT2D eigenvalue weighted by molar-refractivity contribution is 5.87. The molecular weight excluding hydrogens is 496 g/mol. The molecule has 1 aromatic carbocycles. The maximum atomic E-state index is 12.2. The molecule has 1 aliphatic heterocycles. The molecule has 0 aliphatic carbocycles. The van der Waals surface area contributed by atoms with E-state index in [1.807, 2.05) is 17.2 Å². The van der Waals surface area contributed by atoms with E-state index in [2.05, 4.69) is 68.7 Å². The van der Waals surface area contributed by atoms with Gasteiger partial charge in [0.2, 0.25) is 5.95 Å². The number of amides is 1. The lowest BCUT2D eigenvalue weighted by Crippen LogP contribution is -2.49. The highest BCUT2D eigenvalue weighted by atomic mass is 16.6. The molecule has 3 aromatic rings. The molecule has 0 bridgehead atoms. The van der Waals surface area contributed by atoms with Gasteiger partial charge >= 0.3 is 0 Å². The number of piperazine rings is 1. The van der Waals surface area contributed by atoms with E-state index in [-0.39, 0.29) is 31.1 Å². The van der Waals surface area contributed by atoms with Crippen molar-refractivity contribution >= 4 is 35.4 Å². The van der Waals surface area contributed by atoms with E-state index in [0.29, 0.717) is 25.5 Å². The van der Waals surface area contributed by atoms with Crippen molar-refractivity contribution in [3.63, 3.8) is 0 Å². The van der Waals surface area contributed by atoms with Gasteiger partial charge in [0.25, 0.3) is 5.91 Å². The molecule has 11 heteroatoms. The number of hydrogen-bond donors (Lipinski definition) is 3. The molecule has 0 unspecified atom stereocenters. The number of hydrogen-bond acceptors (Lipinski definition) is 9. The number of carbonyl (C=O) groups is 1. The standard InChI is InChI=1S/C28H40N8O3/c1-4-5-6-23(18-37)31-27-26-24(32-28(29)33-27)9-10-36(26)17-22-15-21(8-7-20(22)2)16-34-11-13-35(14-12-34)25(38)19-39-30-3/h7-10,15,23,37H,3-6,11-14,16-19H2,1-2H3,(H3,29,31,32,33)/t23-/m0/s1. The van der Waals surface area contributed by atoms with E-state index in [1.54, 1.807) is 0 Å². The van der Waals surface area contributed by atoms with Gasteiger partial charge in [0, 0.05) is 52.2 Å². The zero-order valence-electron chi connectivity index (χ0n) is 23.0. The Morgan fingerprint density at radius 1 is 1.23 bits per heavy atom. The molecule has 0 radical (unpaired) electrons. The number of aryl methyl sites for hydroxylation is 1. The van der Waals surface area contributed by atoms with Crippen molar-refractivity contribution in [3.05, 3.63) is 47.2 Å². The number of nitrogen functional groups attached to an aromatic ring is 1. The molecular formula is C28H40N8O3. The zero-order chi connectivity index (χ0) is 27.8. The summed E-state index contributed by atoms with van der Waals surface area (Å²) in [7, 11) is 0. The van der Waals surface area contributed by atoms with Crippen LogP contribution in [0.1, 0.15) is 42.9 Å². The van der Waals surface area contributed by atoms with Crippen molar-refractivity contribution in [2.75, 3.05) is 50.4 Å². The lowest BCUT2D eigenvalue weighted by Gasteiger charge is -2.34. The molecule has 1 saturated heterocycles. The summed E-state index contributed by atoms with van der Waals surface area (Å²) < 4.78 is 2.14. The Morgan fingerprint density at radius 2 is 2.03 bits per heavy atom. The van der Waals surface area contributed by atoms with E-state index in [0.717, 1.165) is 49.9 Å². The topological polar surface area (TPSA) is 134 Å². The molecule has 2 aromatic heterocycles. The molecule has 4 rings (SSSR count). The number of oxime groups is 1. The Labute approximate surface area is 229 Å². The quantitative estimate of drug-likeness (QED) is 0.224. The number of benzene rings is 1. The van der Waals surface area contributed by atoms with Crippen LogP contribution in [-0.4, -0.2) is 87.5 Å². The summed E-state index contributed by atoms with van der Waals surface area (Å²) in [4.78, 5) is 30.1. The van der Waals surface area contributed by atoms with Crippen molar-refractivity contribution in [2.45, 2.75) is 52.2 Å². The first-order valence-electron chi connectivity index (χ1n) is 13.6. The van der Waals surface area contributed by atoms with Crippen LogP contribution in [0.15, 0.2) is 35.6 Å². The van der Waals surface area contributed by atoms with E-state index in [9.17, 15) is 9.90 Å². The van der Waals surface area contributed by atoms with Crippen LogP contribution in [0.4, 0.5) is 11.8 Å². The second-order valence-electron chi connectivity index (χ2n) is 10.1. The van der Waals surface area contributed by atoms with Gasteiger partial charge in [0.05, 0.1) is 18.2 Å². The first kappa shape index (κ1) is 28.3. The molecule has 0 saturated carbocycles. The number of nitrogens with two attached hydrogens (primary N) is 1. The molecule has 39 heavy (non-hydrogen) atoms. The molecule has 1 fully saturated rings. The SMILES string of the molecule is C=NOCC(=O)N1CCN(Cc2ccc(C)c(Cn3ccc4nc(N)nc(N[C@H](CO)CCCC)c43)c2)CC1. The second-order valence-corrected chi connectivity index (χ2v) is 10.1. The Kier molecular flexibility index (Phi) is 9.72. The fraction of sp³-hybridized carbons (Fsp3) is 0.500. The third-order valence-corrected chi connectivity index (χ3v) is 7.26. The molecule has 0 spiro atoms. The third-order valence-electron chi connectivity index (χ3n) is 7.26. The van der Waals surface area contributed by atoms with Gasteiger partial charge in [-0.1, -0.05) is 38.0 Å².